The van der Waals surface area contributed by atoms with Gasteiger partial charge in [0.05, 0.1) is 6.10 Å². The molecule has 0 aliphatic heterocycles. The number of carbonyl (C=O) groups excluding carboxylic acids is 3. The zero-order valence-corrected chi connectivity index (χ0v) is 18.0. The van der Waals surface area contributed by atoms with E-state index in [0.717, 1.165) is 18.4 Å². The van der Waals surface area contributed by atoms with E-state index in [1.807, 2.05) is 13.0 Å². The highest BCUT2D eigenvalue weighted by Crippen LogP contribution is 2.67. The van der Waals surface area contributed by atoms with Gasteiger partial charge in [0.1, 0.15) is 5.60 Å². The lowest BCUT2D eigenvalue weighted by Gasteiger charge is -2.59. The van der Waals surface area contributed by atoms with Crippen LogP contribution < -0.4 is 0 Å². The van der Waals surface area contributed by atoms with Crippen LogP contribution in [0.1, 0.15) is 59.3 Å². The summed E-state index contributed by atoms with van der Waals surface area (Å²) in [5.74, 6) is -0.738. The molecule has 0 aromatic rings. The van der Waals surface area contributed by atoms with Crippen LogP contribution in [-0.4, -0.2) is 46.1 Å². The Hall–Kier alpha value is -1.79. The minimum Gasteiger partial charge on any atom is -0.458 e. The molecule has 0 aromatic carbocycles. The maximum absolute atomic E-state index is 13.0. The Morgan fingerprint density at radius 3 is 2.70 bits per heavy atom. The van der Waals surface area contributed by atoms with E-state index < -0.39 is 35.5 Å². The first-order valence-corrected chi connectivity index (χ1v) is 11.1. The molecule has 4 aliphatic carbocycles. The van der Waals surface area contributed by atoms with Crippen LogP contribution in [-0.2, 0) is 19.1 Å². The van der Waals surface area contributed by atoms with Crippen LogP contribution in [0.3, 0.4) is 0 Å². The highest BCUT2D eigenvalue weighted by molar-refractivity contribution is 6.01. The number of Topliss-reactive ketones (excluding diaryl/α,β-unsaturated/α-hetero) is 1. The lowest BCUT2D eigenvalue weighted by Crippen LogP contribution is -2.61. The summed E-state index contributed by atoms with van der Waals surface area (Å²) in [6.45, 7) is 5.25. The zero-order chi connectivity index (χ0) is 21.9. The highest BCUT2D eigenvalue weighted by atomic mass is 16.5. The molecule has 0 aromatic heterocycles. The van der Waals surface area contributed by atoms with Crippen molar-refractivity contribution in [3.8, 4) is 0 Å². The summed E-state index contributed by atoms with van der Waals surface area (Å²) < 4.78 is 5.03. The maximum atomic E-state index is 13.0. The summed E-state index contributed by atoms with van der Waals surface area (Å²) >= 11 is 0. The number of hydrogen-bond donors (Lipinski definition) is 2. The van der Waals surface area contributed by atoms with Gasteiger partial charge in [-0.3, -0.25) is 14.4 Å². The van der Waals surface area contributed by atoms with Crippen LogP contribution in [0.2, 0.25) is 0 Å². The molecule has 0 saturated heterocycles. The molecule has 6 nitrogen and oxygen atoms in total. The van der Waals surface area contributed by atoms with Crippen molar-refractivity contribution < 1.29 is 29.3 Å². The van der Waals surface area contributed by atoms with E-state index in [-0.39, 0.29) is 35.4 Å². The third-order valence-corrected chi connectivity index (χ3v) is 8.76. The molecule has 3 saturated carbocycles. The second kappa shape index (κ2) is 7.13. The number of rotatable bonds is 4. The largest absolute Gasteiger partial charge is 0.458 e. The van der Waals surface area contributed by atoms with Crippen molar-refractivity contribution in [1.82, 2.24) is 0 Å². The maximum Gasteiger partial charge on any atom is 0.305 e. The fourth-order valence-electron chi connectivity index (χ4n) is 7.16. The van der Waals surface area contributed by atoms with Gasteiger partial charge in [0, 0.05) is 23.2 Å². The van der Waals surface area contributed by atoms with Crippen LogP contribution in [0.15, 0.2) is 23.8 Å². The highest BCUT2D eigenvalue weighted by Gasteiger charge is 2.68. The van der Waals surface area contributed by atoms with Gasteiger partial charge in [0.2, 0.25) is 5.78 Å². The minimum absolute atomic E-state index is 0.00136. The average molecular weight is 417 g/mol. The Balaban J connectivity index is 1.63. The topological polar surface area (TPSA) is 101 Å². The average Bonchev–Trinajstić information content (AvgIpc) is 2.97. The van der Waals surface area contributed by atoms with Crippen LogP contribution in [0, 0.1) is 28.6 Å². The fraction of sp³-hybridized carbons (Fsp3) is 0.708. The molecule has 0 unspecified atom stereocenters. The number of esters is 1. The van der Waals surface area contributed by atoms with Gasteiger partial charge in [-0.05, 0) is 56.1 Å². The normalized spacial score (nSPS) is 44.6. The van der Waals surface area contributed by atoms with Gasteiger partial charge in [0.25, 0.3) is 0 Å². The number of ketones is 2. The molecule has 6 heteroatoms. The number of ether oxygens (including phenoxy) is 1. The number of hydrogen-bond acceptors (Lipinski definition) is 6. The molecule has 0 bridgehead atoms. The summed E-state index contributed by atoms with van der Waals surface area (Å²) in [6.07, 6.45) is 7.70. The molecule has 3 fully saturated rings. The quantitative estimate of drug-likeness (QED) is 0.683. The third kappa shape index (κ3) is 2.87. The van der Waals surface area contributed by atoms with Gasteiger partial charge in [-0.25, -0.2) is 0 Å². The molecular weight excluding hydrogens is 384 g/mol. The van der Waals surface area contributed by atoms with Gasteiger partial charge >= 0.3 is 5.97 Å². The van der Waals surface area contributed by atoms with Gasteiger partial charge in [-0.2, -0.15) is 0 Å². The van der Waals surface area contributed by atoms with E-state index in [1.54, 1.807) is 19.1 Å². The van der Waals surface area contributed by atoms with Crippen molar-refractivity contribution in [1.29, 1.82) is 0 Å². The van der Waals surface area contributed by atoms with Crippen molar-refractivity contribution in [2.75, 3.05) is 6.61 Å². The molecule has 164 valence electrons. The van der Waals surface area contributed by atoms with Gasteiger partial charge in [0.15, 0.2) is 12.4 Å². The first kappa shape index (κ1) is 21.4. The summed E-state index contributed by atoms with van der Waals surface area (Å²) in [7, 11) is 0. The van der Waals surface area contributed by atoms with Crippen molar-refractivity contribution in [2.24, 2.45) is 28.6 Å². The Morgan fingerprint density at radius 2 is 2.00 bits per heavy atom. The van der Waals surface area contributed by atoms with Crippen molar-refractivity contribution >= 4 is 17.5 Å². The summed E-state index contributed by atoms with van der Waals surface area (Å²) in [5, 5.41) is 22.8. The first-order chi connectivity index (χ1) is 14.1. The Bertz CT molecular complexity index is 843. The van der Waals surface area contributed by atoms with Crippen molar-refractivity contribution in [2.45, 2.75) is 71.0 Å². The van der Waals surface area contributed by atoms with Gasteiger partial charge < -0.3 is 14.9 Å². The third-order valence-electron chi connectivity index (χ3n) is 8.76. The standard InChI is InChI=1S/C24H32O6/c1-4-20(28)30-13-19(27)24(29)10-8-17-16-6-5-14-11-15(25)7-9-22(14,2)21(16)18(26)12-23(17,24)3/h7,9,11,16-18,21,26,29H,4-6,8,10,12-13H2,1-3H3/t16-,17+,18+,21-,22-,23-,24-/m0/s1. The number of aliphatic hydroxyl groups is 2. The smallest absolute Gasteiger partial charge is 0.305 e. The van der Waals surface area contributed by atoms with E-state index in [1.165, 1.54) is 0 Å². The predicted octanol–water partition coefficient (Wildman–Crippen LogP) is 2.52. The summed E-state index contributed by atoms with van der Waals surface area (Å²) in [4.78, 5) is 36.4. The molecule has 4 aliphatic rings. The Kier molecular flexibility index (Phi) is 5.09. The Morgan fingerprint density at radius 1 is 1.27 bits per heavy atom. The van der Waals surface area contributed by atoms with Crippen LogP contribution in [0.5, 0.6) is 0 Å². The minimum atomic E-state index is -1.60. The molecule has 4 rings (SSSR count). The number of allylic oxidation sites excluding steroid dienone is 4. The first-order valence-electron chi connectivity index (χ1n) is 11.1. The molecule has 0 heterocycles. The molecule has 2 N–H and O–H groups in total. The molecule has 30 heavy (non-hydrogen) atoms. The van der Waals surface area contributed by atoms with Gasteiger partial charge in [-0.1, -0.05) is 32.4 Å². The molecule has 0 radical (unpaired) electrons. The second-order valence-corrected chi connectivity index (χ2v) is 10.0. The lowest BCUT2D eigenvalue weighted by atomic mass is 9.46. The monoisotopic (exact) mass is 416 g/mol. The molecule has 0 spiro atoms. The SMILES string of the molecule is CCC(=O)OCC(=O)[C@@]1(O)CC[C@@H]2[C@@H]3CCC4=CC(=O)C=C[C@]4(C)[C@@H]3[C@H](O)C[C@@]21C. The van der Waals surface area contributed by atoms with E-state index in [9.17, 15) is 24.6 Å². The van der Waals surface area contributed by atoms with Gasteiger partial charge in [-0.15, -0.1) is 0 Å². The number of carbonyl (C=O) groups is 3. The van der Waals surface area contributed by atoms with Crippen LogP contribution >= 0.6 is 0 Å². The summed E-state index contributed by atoms with van der Waals surface area (Å²) in [5.41, 5.74) is -1.67. The molecular formula is C24H32O6. The van der Waals surface area contributed by atoms with E-state index in [4.69, 9.17) is 4.74 Å². The van der Waals surface area contributed by atoms with E-state index >= 15 is 0 Å². The van der Waals surface area contributed by atoms with E-state index in [0.29, 0.717) is 19.3 Å². The van der Waals surface area contributed by atoms with Crippen LogP contribution in [0.4, 0.5) is 0 Å². The second-order valence-electron chi connectivity index (χ2n) is 10.0. The van der Waals surface area contributed by atoms with Crippen molar-refractivity contribution in [3.63, 3.8) is 0 Å². The lowest BCUT2D eigenvalue weighted by molar-refractivity contribution is -0.181. The predicted molar refractivity (Wildman–Crippen MR) is 109 cm³/mol. The molecule has 7 atom stereocenters. The fourth-order valence-corrected chi connectivity index (χ4v) is 7.16. The summed E-state index contributed by atoms with van der Waals surface area (Å²) in [6, 6.07) is 0. The number of aliphatic hydroxyl groups excluding tert-OH is 1. The van der Waals surface area contributed by atoms with Crippen LogP contribution in [0.25, 0.3) is 0 Å². The van der Waals surface area contributed by atoms with E-state index in [2.05, 4.69) is 6.92 Å². The zero-order valence-electron chi connectivity index (χ0n) is 18.0. The Labute approximate surface area is 177 Å². The molecule has 0 amide bonds. The van der Waals surface area contributed by atoms with Crippen molar-refractivity contribution in [3.05, 3.63) is 23.8 Å². The number of fused-ring (bicyclic) bond motifs is 5.